The van der Waals surface area contributed by atoms with Gasteiger partial charge in [-0.3, -0.25) is 9.59 Å². The summed E-state index contributed by atoms with van der Waals surface area (Å²) in [6.45, 7) is 4.91. The van der Waals surface area contributed by atoms with E-state index in [9.17, 15) is 9.59 Å². The van der Waals surface area contributed by atoms with Crippen LogP contribution >= 0.6 is 0 Å². The first-order chi connectivity index (χ1) is 14.7. The Hall–Kier alpha value is -3.54. The van der Waals surface area contributed by atoms with Crippen LogP contribution in [-0.4, -0.2) is 60.6 Å². The van der Waals surface area contributed by atoms with Gasteiger partial charge in [0.2, 0.25) is 0 Å². The third-order valence-corrected chi connectivity index (χ3v) is 5.35. The molecule has 4 rings (SSSR count). The van der Waals surface area contributed by atoms with Crippen molar-refractivity contribution >= 4 is 11.6 Å². The molecule has 0 atom stereocenters. The van der Waals surface area contributed by atoms with E-state index in [1.54, 1.807) is 12.2 Å². The SMILES string of the molecule is O=C(C=C1NCCN1CCN1CCNC1=CC(=O)c1ccccc1)c1ccccc1. The van der Waals surface area contributed by atoms with Crippen molar-refractivity contribution in [3.8, 4) is 0 Å². The van der Waals surface area contributed by atoms with Crippen molar-refractivity contribution in [2.45, 2.75) is 0 Å². The Morgan fingerprint density at radius 2 is 1.10 bits per heavy atom. The standard InChI is InChI=1S/C24H26N4O2/c29-21(19-7-3-1-4-8-19)17-23-25-11-13-27(23)15-16-28-14-12-26-24(28)18-22(30)20-9-5-2-6-10-20/h1-10,17-18,25-26H,11-16H2. The highest BCUT2D eigenvalue weighted by Gasteiger charge is 2.22. The fourth-order valence-electron chi connectivity index (χ4n) is 3.71. The lowest BCUT2D eigenvalue weighted by Crippen LogP contribution is -2.32. The van der Waals surface area contributed by atoms with Crippen molar-refractivity contribution in [3.63, 3.8) is 0 Å². The molecule has 2 aromatic carbocycles. The summed E-state index contributed by atoms with van der Waals surface area (Å²) in [5.41, 5.74) is 1.37. The predicted molar refractivity (Wildman–Crippen MR) is 117 cm³/mol. The lowest BCUT2D eigenvalue weighted by Gasteiger charge is -2.24. The highest BCUT2D eigenvalue weighted by molar-refractivity contribution is 6.05. The van der Waals surface area contributed by atoms with E-state index in [-0.39, 0.29) is 11.6 Å². The number of hydrogen-bond acceptors (Lipinski definition) is 6. The monoisotopic (exact) mass is 402 g/mol. The second-order valence-corrected chi connectivity index (χ2v) is 7.35. The number of rotatable bonds is 7. The van der Waals surface area contributed by atoms with E-state index in [4.69, 9.17) is 0 Å². The summed E-state index contributed by atoms with van der Waals surface area (Å²) in [5.74, 6) is 1.73. The van der Waals surface area contributed by atoms with Crippen LogP contribution in [0, 0.1) is 0 Å². The first-order valence-corrected chi connectivity index (χ1v) is 10.3. The second kappa shape index (κ2) is 9.31. The van der Waals surface area contributed by atoms with Crippen molar-refractivity contribution < 1.29 is 9.59 Å². The summed E-state index contributed by atoms with van der Waals surface area (Å²) in [6, 6.07) is 18.6. The number of carbonyl (C=O) groups is 2. The minimum atomic E-state index is 0.00174. The molecule has 0 unspecified atom stereocenters. The molecule has 0 aliphatic carbocycles. The second-order valence-electron chi connectivity index (χ2n) is 7.35. The summed E-state index contributed by atoms with van der Waals surface area (Å²) in [7, 11) is 0. The molecule has 0 amide bonds. The van der Waals surface area contributed by atoms with Gasteiger partial charge in [0.05, 0.1) is 0 Å². The zero-order valence-corrected chi connectivity index (χ0v) is 16.9. The molecule has 2 fully saturated rings. The molecule has 0 aromatic heterocycles. The van der Waals surface area contributed by atoms with Gasteiger partial charge in [0, 0.05) is 62.5 Å². The molecule has 0 radical (unpaired) electrons. The summed E-state index contributed by atoms with van der Waals surface area (Å²) in [4.78, 5) is 29.4. The molecule has 2 heterocycles. The lowest BCUT2D eigenvalue weighted by molar-refractivity contribution is 0.103. The van der Waals surface area contributed by atoms with Crippen LogP contribution in [0.4, 0.5) is 0 Å². The number of ketones is 2. The number of hydrogen-bond donors (Lipinski definition) is 2. The van der Waals surface area contributed by atoms with Crippen LogP contribution < -0.4 is 10.6 Å². The molecule has 2 aliphatic rings. The van der Waals surface area contributed by atoms with E-state index in [0.717, 1.165) is 50.9 Å². The zero-order chi connectivity index (χ0) is 20.8. The molecule has 6 nitrogen and oxygen atoms in total. The summed E-state index contributed by atoms with van der Waals surface area (Å²) >= 11 is 0. The predicted octanol–water partition coefficient (Wildman–Crippen LogP) is 2.25. The molecule has 2 N–H and O–H groups in total. The Morgan fingerprint density at radius 3 is 1.50 bits per heavy atom. The van der Waals surface area contributed by atoms with Gasteiger partial charge in [-0.15, -0.1) is 0 Å². The molecular formula is C24H26N4O2. The molecule has 2 aliphatic heterocycles. The molecule has 2 saturated heterocycles. The maximum absolute atomic E-state index is 12.5. The Kier molecular flexibility index (Phi) is 6.13. The topological polar surface area (TPSA) is 64.7 Å². The summed E-state index contributed by atoms with van der Waals surface area (Å²) in [5, 5.41) is 6.62. The van der Waals surface area contributed by atoms with E-state index >= 15 is 0 Å². The Balaban J connectivity index is 1.38. The first kappa shape index (κ1) is 19.8. The maximum Gasteiger partial charge on any atom is 0.189 e. The van der Waals surface area contributed by atoms with Crippen molar-refractivity contribution in [1.82, 2.24) is 20.4 Å². The highest BCUT2D eigenvalue weighted by Crippen LogP contribution is 2.14. The van der Waals surface area contributed by atoms with E-state index in [1.165, 1.54) is 0 Å². The molecule has 154 valence electrons. The zero-order valence-electron chi connectivity index (χ0n) is 16.9. The number of carbonyl (C=O) groups excluding carboxylic acids is 2. The Bertz CT molecular complexity index is 874. The molecule has 0 saturated carbocycles. The number of nitrogens with one attached hydrogen (secondary N) is 2. The van der Waals surface area contributed by atoms with Gasteiger partial charge in [0.15, 0.2) is 11.6 Å². The maximum atomic E-state index is 12.5. The normalized spacial score (nSPS) is 18.5. The van der Waals surface area contributed by atoms with Gasteiger partial charge in [-0.2, -0.15) is 0 Å². The van der Waals surface area contributed by atoms with Crippen molar-refractivity contribution in [3.05, 3.63) is 95.6 Å². The van der Waals surface area contributed by atoms with Crippen molar-refractivity contribution in [1.29, 1.82) is 0 Å². The highest BCUT2D eigenvalue weighted by atomic mass is 16.1. The molecule has 6 heteroatoms. The first-order valence-electron chi connectivity index (χ1n) is 10.3. The lowest BCUT2D eigenvalue weighted by atomic mass is 10.1. The summed E-state index contributed by atoms with van der Waals surface area (Å²) < 4.78 is 0. The van der Waals surface area contributed by atoms with Crippen molar-refractivity contribution in [2.75, 3.05) is 39.3 Å². The van der Waals surface area contributed by atoms with Crippen LogP contribution in [0.1, 0.15) is 20.7 Å². The smallest absolute Gasteiger partial charge is 0.189 e. The number of benzene rings is 2. The van der Waals surface area contributed by atoms with Gasteiger partial charge >= 0.3 is 0 Å². The fraction of sp³-hybridized carbons (Fsp3) is 0.250. The van der Waals surface area contributed by atoms with Crippen LogP contribution in [0.25, 0.3) is 0 Å². The minimum Gasteiger partial charge on any atom is -0.370 e. The van der Waals surface area contributed by atoms with E-state index in [2.05, 4.69) is 20.4 Å². The van der Waals surface area contributed by atoms with Gasteiger partial charge < -0.3 is 20.4 Å². The molecule has 2 aromatic rings. The Morgan fingerprint density at radius 1 is 0.700 bits per heavy atom. The average Bonchev–Trinajstić information content (AvgIpc) is 3.42. The van der Waals surface area contributed by atoms with Gasteiger partial charge in [-0.05, 0) is 0 Å². The molecule has 0 spiro atoms. The van der Waals surface area contributed by atoms with Gasteiger partial charge in [-0.25, -0.2) is 0 Å². The van der Waals surface area contributed by atoms with Crippen LogP contribution in [0.5, 0.6) is 0 Å². The van der Waals surface area contributed by atoms with Crippen molar-refractivity contribution in [2.24, 2.45) is 0 Å². The van der Waals surface area contributed by atoms with Crippen LogP contribution in [-0.2, 0) is 0 Å². The van der Waals surface area contributed by atoms with Crippen LogP contribution in [0.2, 0.25) is 0 Å². The largest absolute Gasteiger partial charge is 0.370 e. The molecule has 0 bridgehead atoms. The van der Waals surface area contributed by atoms with Gasteiger partial charge in [0.25, 0.3) is 0 Å². The van der Waals surface area contributed by atoms with Gasteiger partial charge in [-0.1, -0.05) is 60.7 Å². The Labute approximate surface area is 176 Å². The summed E-state index contributed by atoms with van der Waals surface area (Å²) in [6.07, 6.45) is 3.36. The third kappa shape index (κ3) is 4.71. The van der Waals surface area contributed by atoms with Gasteiger partial charge in [0.1, 0.15) is 11.6 Å². The number of nitrogens with zero attached hydrogens (tertiary/aromatic N) is 2. The average molecular weight is 402 g/mol. The third-order valence-electron chi connectivity index (χ3n) is 5.35. The van der Waals surface area contributed by atoms with Crippen LogP contribution in [0.15, 0.2) is 84.5 Å². The molecule has 30 heavy (non-hydrogen) atoms. The molecular weight excluding hydrogens is 376 g/mol. The van der Waals surface area contributed by atoms with E-state index < -0.39 is 0 Å². The number of allylic oxidation sites excluding steroid dienone is 2. The fourth-order valence-corrected chi connectivity index (χ4v) is 3.71. The van der Waals surface area contributed by atoms with E-state index in [0.29, 0.717) is 11.1 Å². The quantitative estimate of drug-likeness (QED) is 0.547. The minimum absolute atomic E-state index is 0.00174. The van der Waals surface area contributed by atoms with Crippen LogP contribution in [0.3, 0.4) is 0 Å². The van der Waals surface area contributed by atoms with E-state index in [1.807, 2.05) is 60.7 Å².